The molecule has 0 spiro atoms. The number of hydrogen-bond acceptors (Lipinski definition) is 4. The quantitative estimate of drug-likeness (QED) is 0.794. The van der Waals surface area contributed by atoms with Crippen LogP contribution < -0.4 is 5.32 Å². The van der Waals surface area contributed by atoms with E-state index in [1.165, 1.54) is 7.11 Å². The van der Waals surface area contributed by atoms with Crippen molar-refractivity contribution in [2.75, 3.05) is 20.8 Å². The molecular weight excluding hydrogens is 186 g/mol. The Kier molecular flexibility index (Phi) is 4.00. The maximum absolute atomic E-state index is 10.8. The molecule has 1 atom stereocenters. The Balaban J connectivity index is 2.44. The summed E-state index contributed by atoms with van der Waals surface area (Å²) in [5, 5.41) is 2.53. The first kappa shape index (κ1) is 10.6. The highest BCUT2D eigenvalue weighted by Crippen LogP contribution is 2.15. The van der Waals surface area contributed by atoms with E-state index in [1.54, 1.807) is 25.5 Å². The third-order valence-electron chi connectivity index (χ3n) is 1.76. The molecule has 78 valence electrons. The van der Waals surface area contributed by atoms with E-state index in [0.717, 1.165) is 0 Å². The predicted octanol–water partition coefficient (Wildman–Crippen LogP) is 1.32. The maximum atomic E-state index is 10.8. The lowest BCUT2D eigenvalue weighted by molar-refractivity contribution is 0.0809. The Bertz CT molecular complexity index is 270. The second-order valence-electron chi connectivity index (χ2n) is 2.61. The molecule has 0 aliphatic rings. The number of alkyl carbamates (subject to hydrolysis) is 1. The maximum Gasteiger partial charge on any atom is 0.406 e. The van der Waals surface area contributed by atoms with Gasteiger partial charge >= 0.3 is 6.09 Å². The average molecular weight is 199 g/mol. The van der Waals surface area contributed by atoms with Crippen LogP contribution in [0.3, 0.4) is 0 Å². The summed E-state index contributed by atoms with van der Waals surface area (Å²) >= 11 is 0. The van der Waals surface area contributed by atoms with E-state index >= 15 is 0 Å². The van der Waals surface area contributed by atoms with E-state index in [1.807, 2.05) is 0 Å². The van der Waals surface area contributed by atoms with Crippen LogP contribution in [0, 0.1) is 0 Å². The van der Waals surface area contributed by atoms with Crippen LogP contribution in [0.1, 0.15) is 11.9 Å². The van der Waals surface area contributed by atoms with Gasteiger partial charge in [0.1, 0.15) is 11.9 Å². The monoisotopic (exact) mass is 199 g/mol. The molecule has 0 radical (unpaired) electrons. The van der Waals surface area contributed by atoms with Crippen LogP contribution in [0.15, 0.2) is 22.8 Å². The van der Waals surface area contributed by atoms with Crippen molar-refractivity contribution >= 4 is 6.09 Å². The number of furan rings is 1. The van der Waals surface area contributed by atoms with E-state index in [0.29, 0.717) is 12.3 Å². The molecule has 14 heavy (non-hydrogen) atoms. The van der Waals surface area contributed by atoms with Crippen molar-refractivity contribution < 1.29 is 18.7 Å². The molecular formula is C9H13NO4. The Morgan fingerprint density at radius 2 is 2.43 bits per heavy atom. The first-order valence-electron chi connectivity index (χ1n) is 4.16. The fourth-order valence-electron chi connectivity index (χ4n) is 1.02. The Hall–Kier alpha value is -1.49. The number of ether oxygens (including phenoxy) is 2. The topological polar surface area (TPSA) is 60.7 Å². The third kappa shape index (κ3) is 2.77. The molecule has 0 bridgehead atoms. The summed E-state index contributed by atoms with van der Waals surface area (Å²) in [6.45, 7) is 0.316. The smallest absolute Gasteiger partial charge is 0.406 e. The fourth-order valence-corrected chi connectivity index (χ4v) is 1.02. The van der Waals surface area contributed by atoms with Crippen molar-refractivity contribution in [2.24, 2.45) is 0 Å². The van der Waals surface area contributed by atoms with Gasteiger partial charge < -0.3 is 19.2 Å². The van der Waals surface area contributed by atoms with Gasteiger partial charge in [-0.3, -0.25) is 0 Å². The lowest BCUT2D eigenvalue weighted by Crippen LogP contribution is -2.28. The van der Waals surface area contributed by atoms with Crippen LogP contribution in [0.25, 0.3) is 0 Å². The molecule has 1 aromatic rings. The molecule has 0 saturated heterocycles. The van der Waals surface area contributed by atoms with E-state index in [-0.39, 0.29) is 6.10 Å². The summed E-state index contributed by atoms with van der Waals surface area (Å²) in [6, 6.07) is 3.55. The van der Waals surface area contributed by atoms with Crippen molar-refractivity contribution in [1.82, 2.24) is 5.32 Å². The van der Waals surface area contributed by atoms with Gasteiger partial charge in [0, 0.05) is 7.11 Å². The molecule has 0 aliphatic carbocycles. The zero-order chi connectivity index (χ0) is 10.4. The number of hydrogen-bond donors (Lipinski definition) is 1. The Morgan fingerprint density at radius 1 is 1.64 bits per heavy atom. The highest BCUT2D eigenvalue weighted by atomic mass is 16.5. The first-order chi connectivity index (χ1) is 6.77. The van der Waals surface area contributed by atoms with Gasteiger partial charge in [-0.1, -0.05) is 0 Å². The second-order valence-corrected chi connectivity index (χ2v) is 2.61. The van der Waals surface area contributed by atoms with Gasteiger partial charge in [0.2, 0.25) is 0 Å². The van der Waals surface area contributed by atoms with Crippen LogP contribution in [0.2, 0.25) is 0 Å². The van der Waals surface area contributed by atoms with E-state index < -0.39 is 6.09 Å². The zero-order valence-corrected chi connectivity index (χ0v) is 8.15. The normalized spacial score (nSPS) is 12.1. The van der Waals surface area contributed by atoms with Crippen LogP contribution in [0.4, 0.5) is 4.79 Å². The van der Waals surface area contributed by atoms with Crippen molar-refractivity contribution in [3.05, 3.63) is 24.2 Å². The number of methoxy groups -OCH3 is 2. The van der Waals surface area contributed by atoms with Crippen LogP contribution in [0.5, 0.6) is 0 Å². The minimum absolute atomic E-state index is 0.288. The lowest BCUT2D eigenvalue weighted by atomic mass is 10.3. The molecule has 1 unspecified atom stereocenters. The second kappa shape index (κ2) is 5.29. The van der Waals surface area contributed by atoms with E-state index in [2.05, 4.69) is 10.1 Å². The molecule has 0 aliphatic heterocycles. The highest BCUT2D eigenvalue weighted by molar-refractivity contribution is 5.66. The zero-order valence-electron chi connectivity index (χ0n) is 8.15. The number of nitrogens with one attached hydrogen (secondary N) is 1. The molecule has 1 aromatic heterocycles. The summed E-state index contributed by atoms with van der Waals surface area (Å²) in [6.07, 6.45) is 0.780. The molecule has 1 rings (SSSR count). The van der Waals surface area contributed by atoms with Crippen molar-refractivity contribution in [1.29, 1.82) is 0 Å². The van der Waals surface area contributed by atoms with Gasteiger partial charge in [0.05, 0.1) is 19.9 Å². The minimum Gasteiger partial charge on any atom is -0.467 e. The molecule has 1 amide bonds. The van der Waals surface area contributed by atoms with Crippen LogP contribution in [-0.4, -0.2) is 26.9 Å². The molecule has 0 aromatic carbocycles. The molecule has 0 saturated carbocycles. The molecule has 1 heterocycles. The summed E-state index contributed by atoms with van der Waals surface area (Å²) in [7, 11) is 2.86. The van der Waals surface area contributed by atoms with Crippen molar-refractivity contribution in [3.8, 4) is 0 Å². The number of carbonyl (C=O) groups excluding carboxylic acids is 1. The number of carbonyl (C=O) groups is 1. The van der Waals surface area contributed by atoms with Gasteiger partial charge in [0.25, 0.3) is 0 Å². The average Bonchev–Trinajstić information content (AvgIpc) is 2.72. The van der Waals surface area contributed by atoms with Gasteiger partial charge in [0.15, 0.2) is 0 Å². The summed E-state index contributed by atoms with van der Waals surface area (Å²) in [4.78, 5) is 10.8. The fraction of sp³-hybridized carbons (Fsp3) is 0.444. The minimum atomic E-state index is -0.487. The predicted molar refractivity (Wildman–Crippen MR) is 48.9 cm³/mol. The van der Waals surface area contributed by atoms with Gasteiger partial charge in [-0.2, -0.15) is 0 Å². The Labute approximate surface area is 82.0 Å². The highest BCUT2D eigenvalue weighted by Gasteiger charge is 2.14. The molecule has 5 heteroatoms. The summed E-state index contributed by atoms with van der Waals surface area (Å²) < 4.78 is 14.7. The number of rotatable bonds is 4. The molecule has 1 N–H and O–H groups in total. The largest absolute Gasteiger partial charge is 0.467 e. The van der Waals surface area contributed by atoms with Crippen molar-refractivity contribution in [2.45, 2.75) is 6.10 Å². The van der Waals surface area contributed by atoms with Gasteiger partial charge in [-0.25, -0.2) is 4.79 Å². The van der Waals surface area contributed by atoms with E-state index in [9.17, 15) is 4.79 Å². The van der Waals surface area contributed by atoms with Crippen molar-refractivity contribution in [3.63, 3.8) is 0 Å². The van der Waals surface area contributed by atoms with Gasteiger partial charge in [-0.15, -0.1) is 0 Å². The Morgan fingerprint density at radius 3 is 2.93 bits per heavy atom. The lowest BCUT2D eigenvalue weighted by Gasteiger charge is -2.12. The summed E-state index contributed by atoms with van der Waals surface area (Å²) in [5.74, 6) is 0.670. The standard InChI is InChI=1S/C9H13NO4/c1-12-8(6-10-9(11)13-2)7-4-3-5-14-7/h3-5,8H,6H2,1-2H3,(H,10,11). The number of amides is 1. The first-order valence-corrected chi connectivity index (χ1v) is 4.16. The van der Waals surface area contributed by atoms with Crippen LogP contribution >= 0.6 is 0 Å². The summed E-state index contributed by atoms with van der Waals surface area (Å²) in [5.41, 5.74) is 0. The molecule has 0 fully saturated rings. The van der Waals surface area contributed by atoms with Gasteiger partial charge in [-0.05, 0) is 12.1 Å². The SMILES string of the molecule is COC(=O)NCC(OC)c1ccco1. The van der Waals surface area contributed by atoms with Crippen LogP contribution in [-0.2, 0) is 9.47 Å². The third-order valence-corrected chi connectivity index (χ3v) is 1.76. The van der Waals surface area contributed by atoms with E-state index in [4.69, 9.17) is 9.15 Å². The molecule has 5 nitrogen and oxygen atoms in total.